The first-order chi connectivity index (χ1) is 5.02. The average Bonchev–Trinajstić information content (AvgIpc) is 1.86. The number of hydrogen-bond donors (Lipinski definition) is 0. The summed E-state index contributed by atoms with van der Waals surface area (Å²) in [6, 6.07) is 0. The number of halogens is 3. The molecule has 0 radical (unpaired) electrons. The van der Waals surface area contributed by atoms with E-state index in [1.165, 1.54) is 0 Å². The summed E-state index contributed by atoms with van der Waals surface area (Å²) in [5, 5.41) is 0. The topological polar surface area (TPSA) is 0 Å². The lowest BCUT2D eigenvalue weighted by molar-refractivity contribution is -0.194. The second kappa shape index (κ2) is 3.03. The summed E-state index contributed by atoms with van der Waals surface area (Å²) in [5.41, 5.74) is 0. The van der Waals surface area contributed by atoms with Gasteiger partial charge in [-0.2, -0.15) is 13.2 Å². The number of hydrogen-bond acceptors (Lipinski definition) is 0. The Bertz CT molecular complexity index is 128. The largest absolute Gasteiger partial charge is 0.392 e. The predicted octanol–water partition coefficient (Wildman–Crippen LogP) is 3.38. The van der Waals surface area contributed by atoms with E-state index in [4.69, 9.17) is 0 Å². The summed E-state index contributed by atoms with van der Waals surface area (Å²) in [7, 11) is 0. The van der Waals surface area contributed by atoms with E-state index >= 15 is 0 Å². The molecule has 1 rings (SSSR count). The maximum atomic E-state index is 12.2. The second-order valence-corrected chi connectivity index (χ2v) is 3.41. The Morgan fingerprint density at radius 3 is 2.00 bits per heavy atom. The lowest BCUT2D eigenvalue weighted by Crippen LogP contribution is -2.31. The van der Waals surface area contributed by atoms with Crippen molar-refractivity contribution >= 4 is 0 Å². The molecule has 0 aliphatic heterocycles. The van der Waals surface area contributed by atoms with E-state index in [1.54, 1.807) is 6.92 Å². The van der Waals surface area contributed by atoms with Gasteiger partial charge in [-0.05, 0) is 12.3 Å². The molecule has 3 heteroatoms. The fraction of sp³-hybridized carbons (Fsp3) is 1.00. The first kappa shape index (κ1) is 8.88. The Morgan fingerprint density at radius 2 is 1.64 bits per heavy atom. The van der Waals surface area contributed by atoms with E-state index in [0.717, 1.165) is 19.3 Å². The summed E-state index contributed by atoms with van der Waals surface area (Å²) >= 11 is 0. The molecule has 0 aromatic heterocycles. The first-order valence-corrected chi connectivity index (χ1v) is 4.08. The highest BCUT2D eigenvalue weighted by molar-refractivity contribution is 4.77. The molecule has 2 atom stereocenters. The molecule has 0 nitrogen and oxygen atoms in total. The molecule has 0 unspecified atom stereocenters. The van der Waals surface area contributed by atoms with Crippen LogP contribution in [-0.2, 0) is 0 Å². The van der Waals surface area contributed by atoms with Gasteiger partial charge in [-0.3, -0.25) is 0 Å². The van der Waals surface area contributed by atoms with Gasteiger partial charge in [0.25, 0.3) is 0 Å². The zero-order chi connectivity index (χ0) is 8.48. The quantitative estimate of drug-likeness (QED) is 0.517. The highest BCUT2D eigenvalue weighted by Crippen LogP contribution is 2.40. The van der Waals surface area contributed by atoms with Gasteiger partial charge in [-0.15, -0.1) is 0 Å². The van der Waals surface area contributed by atoms with Crippen molar-refractivity contribution < 1.29 is 13.2 Å². The zero-order valence-electron chi connectivity index (χ0n) is 6.62. The normalized spacial score (nSPS) is 33.8. The Morgan fingerprint density at radius 1 is 1.09 bits per heavy atom. The molecule has 11 heavy (non-hydrogen) atoms. The highest BCUT2D eigenvalue weighted by atomic mass is 19.4. The van der Waals surface area contributed by atoms with Crippen LogP contribution in [0.2, 0.25) is 0 Å². The van der Waals surface area contributed by atoms with Crippen LogP contribution >= 0.6 is 0 Å². The fourth-order valence-electron chi connectivity index (χ4n) is 1.80. The molecule has 1 fully saturated rings. The van der Waals surface area contributed by atoms with E-state index in [0.29, 0.717) is 6.42 Å². The van der Waals surface area contributed by atoms with Gasteiger partial charge in [0.1, 0.15) is 0 Å². The van der Waals surface area contributed by atoms with Gasteiger partial charge in [0.05, 0.1) is 5.92 Å². The van der Waals surface area contributed by atoms with Gasteiger partial charge in [0, 0.05) is 0 Å². The van der Waals surface area contributed by atoms with Gasteiger partial charge in [-0.25, -0.2) is 0 Å². The van der Waals surface area contributed by atoms with Crippen molar-refractivity contribution in [3.05, 3.63) is 0 Å². The Labute approximate surface area is 64.8 Å². The van der Waals surface area contributed by atoms with Crippen molar-refractivity contribution in [3.63, 3.8) is 0 Å². The smallest absolute Gasteiger partial charge is 0.171 e. The molecule has 0 heterocycles. The van der Waals surface area contributed by atoms with Gasteiger partial charge >= 0.3 is 6.18 Å². The maximum Gasteiger partial charge on any atom is 0.392 e. The van der Waals surface area contributed by atoms with E-state index in [2.05, 4.69) is 0 Å². The van der Waals surface area contributed by atoms with E-state index in [-0.39, 0.29) is 5.92 Å². The monoisotopic (exact) mass is 166 g/mol. The van der Waals surface area contributed by atoms with Crippen LogP contribution in [0.5, 0.6) is 0 Å². The third kappa shape index (κ3) is 2.11. The van der Waals surface area contributed by atoms with Crippen molar-refractivity contribution in [2.75, 3.05) is 0 Å². The summed E-state index contributed by atoms with van der Waals surface area (Å²) in [6.45, 7) is 1.71. The van der Waals surface area contributed by atoms with E-state index in [9.17, 15) is 13.2 Å². The third-order valence-electron chi connectivity index (χ3n) is 2.53. The van der Waals surface area contributed by atoms with Gasteiger partial charge in [0.15, 0.2) is 0 Å². The third-order valence-corrected chi connectivity index (χ3v) is 2.53. The predicted molar refractivity (Wildman–Crippen MR) is 37.2 cm³/mol. The fourth-order valence-corrected chi connectivity index (χ4v) is 1.80. The minimum absolute atomic E-state index is 0.163. The molecule has 1 saturated carbocycles. The van der Waals surface area contributed by atoms with Crippen LogP contribution in [0.4, 0.5) is 13.2 Å². The van der Waals surface area contributed by atoms with Crippen LogP contribution < -0.4 is 0 Å². The van der Waals surface area contributed by atoms with Crippen LogP contribution in [0.25, 0.3) is 0 Å². The van der Waals surface area contributed by atoms with Crippen LogP contribution in [-0.4, -0.2) is 6.18 Å². The van der Waals surface area contributed by atoms with Crippen LogP contribution in [0.15, 0.2) is 0 Å². The van der Waals surface area contributed by atoms with Gasteiger partial charge in [-0.1, -0.05) is 26.2 Å². The molecule has 0 spiro atoms. The summed E-state index contributed by atoms with van der Waals surface area (Å²) in [5.74, 6) is -1.19. The molecule has 66 valence electrons. The summed E-state index contributed by atoms with van der Waals surface area (Å²) < 4.78 is 36.6. The summed E-state index contributed by atoms with van der Waals surface area (Å²) in [4.78, 5) is 0. The number of alkyl halides is 3. The van der Waals surface area contributed by atoms with Crippen molar-refractivity contribution in [1.82, 2.24) is 0 Å². The molecule has 0 bridgehead atoms. The summed E-state index contributed by atoms with van der Waals surface area (Å²) in [6.07, 6.45) is -1.17. The Balaban J connectivity index is 2.55. The van der Waals surface area contributed by atoms with E-state index < -0.39 is 12.1 Å². The molecular weight excluding hydrogens is 153 g/mol. The lowest BCUT2D eigenvalue weighted by Gasteiger charge is -2.30. The zero-order valence-corrected chi connectivity index (χ0v) is 6.62. The molecule has 1 aliphatic rings. The minimum atomic E-state index is -3.96. The molecule has 0 aromatic rings. The van der Waals surface area contributed by atoms with Gasteiger partial charge in [0.2, 0.25) is 0 Å². The van der Waals surface area contributed by atoms with Crippen LogP contribution in [0.1, 0.15) is 32.6 Å². The average molecular weight is 166 g/mol. The molecule has 0 aromatic carbocycles. The minimum Gasteiger partial charge on any atom is -0.171 e. The Hall–Kier alpha value is -0.210. The molecule has 1 aliphatic carbocycles. The van der Waals surface area contributed by atoms with E-state index in [1.807, 2.05) is 0 Å². The second-order valence-electron chi connectivity index (χ2n) is 3.41. The number of rotatable bonds is 0. The molecule has 0 N–H and O–H groups in total. The molecule has 0 amide bonds. The van der Waals surface area contributed by atoms with Crippen LogP contribution in [0.3, 0.4) is 0 Å². The van der Waals surface area contributed by atoms with Gasteiger partial charge < -0.3 is 0 Å². The molecular formula is C8H13F3. The van der Waals surface area contributed by atoms with Crippen molar-refractivity contribution in [1.29, 1.82) is 0 Å². The van der Waals surface area contributed by atoms with Crippen molar-refractivity contribution in [3.8, 4) is 0 Å². The molecule has 0 saturated heterocycles. The van der Waals surface area contributed by atoms with Crippen LogP contribution in [0, 0.1) is 11.8 Å². The van der Waals surface area contributed by atoms with Crippen molar-refractivity contribution in [2.45, 2.75) is 38.8 Å². The standard InChI is InChI=1S/C8H13F3/c1-6-4-2-3-5-7(6)8(9,10)11/h6-7H,2-5H2,1H3/t6-,7-/m1/s1. The lowest BCUT2D eigenvalue weighted by atomic mass is 9.80. The first-order valence-electron chi connectivity index (χ1n) is 4.08. The highest BCUT2D eigenvalue weighted by Gasteiger charge is 2.43. The maximum absolute atomic E-state index is 12.2. The Kier molecular flexibility index (Phi) is 2.45. The SMILES string of the molecule is C[C@@H]1CCCC[C@H]1C(F)(F)F. The van der Waals surface area contributed by atoms with Crippen molar-refractivity contribution in [2.24, 2.45) is 11.8 Å².